The average Bonchev–Trinajstić information content (AvgIpc) is 2.53. The van der Waals surface area contributed by atoms with E-state index in [1.54, 1.807) is 18.2 Å². The Kier molecular flexibility index (Phi) is 8.61. The third-order valence-corrected chi connectivity index (χ3v) is 3.59. The molecular weight excluding hydrogens is 347 g/mol. The standard InChI is InChI=1S/C18H21ClN2O2.ClH/c1-3-20-11-14-6-4-5-7-16(14)21-18(22)12-23-17-9-8-15(19)10-13(17)2;/h4-10,20H,3,11-12H2,1-2H3,(H,21,22);1H. The molecule has 0 unspecified atom stereocenters. The van der Waals surface area contributed by atoms with Gasteiger partial charge in [-0.25, -0.2) is 0 Å². The van der Waals surface area contributed by atoms with Crippen molar-refractivity contribution in [2.24, 2.45) is 0 Å². The quantitative estimate of drug-likeness (QED) is 0.769. The first-order chi connectivity index (χ1) is 11.1. The Bertz CT molecular complexity index is 678. The Hall–Kier alpha value is -1.75. The van der Waals surface area contributed by atoms with Crippen LogP contribution in [0.25, 0.3) is 0 Å². The SMILES string of the molecule is CCNCc1ccccc1NC(=O)COc1ccc(Cl)cc1C.Cl. The Morgan fingerprint density at radius 1 is 1.21 bits per heavy atom. The number of anilines is 1. The maximum atomic E-state index is 12.1. The molecule has 6 heteroatoms. The fraction of sp³-hybridized carbons (Fsp3) is 0.278. The lowest BCUT2D eigenvalue weighted by atomic mass is 10.1. The highest BCUT2D eigenvalue weighted by Gasteiger charge is 2.08. The van der Waals surface area contributed by atoms with Gasteiger partial charge < -0.3 is 15.4 Å². The van der Waals surface area contributed by atoms with Crippen molar-refractivity contribution in [1.29, 1.82) is 0 Å². The van der Waals surface area contributed by atoms with Gasteiger partial charge in [0.2, 0.25) is 0 Å². The van der Waals surface area contributed by atoms with E-state index in [9.17, 15) is 4.79 Å². The second-order valence-corrected chi connectivity index (χ2v) is 5.62. The van der Waals surface area contributed by atoms with Gasteiger partial charge in [0, 0.05) is 17.3 Å². The lowest BCUT2D eigenvalue weighted by Gasteiger charge is -2.13. The third-order valence-electron chi connectivity index (χ3n) is 3.35. The molecule has 0 aliphatic rings. The zero-order valence-corrected chi connectivity index (χ0v) is 15.3. The highest BCUT2D eigenvalue weighted by Crippen LogP contribution is 2.22. The second kappa shape index (κ2) is 10.2. The summed E-state index contributed by atoms with van der Waals surface area (Å²) >= 11 is 5.91. The van der Waals surface area contributed by atoms with Crippen LogP contribution in [0, 0.1) is 6.92 Å². The highest BCUT2D eigenvalue weighted by atomic mass is 35.5. The number of rotatable bonds is 7. The molecule has 2 rings (SSSR count). The zero-order valence-electron chi connectivity index (χ0n) is 13.8. The van der Waals surface area contributed by atoms with E-state index in [1.807, 2.05) is 38.1 Å². The minimum Gasteiger partial charge on any atom is -0.483 e. The van der Waals surface area contributed by atoms with E-state index < -0.39 is 0 Å². The monoisotopic (exact) mass is 368 g/mol. The first-order valence-corrected chi connectivity index (χ1v) is 7.95. The predicted molar refractivity (Wildman–Crippen MR) is 101 cm³/mol. The molecule has 2 aromatic carbocycles. The van der Waals surface area contributed by atoms with Crippen LogP contribution in [-0.2, 0) is 11.3 Å². The van der Waals surface area contributed by atoms with Crippen LogP contribution in [0.4, 0.5) is 5.69 Å². The van der Waals surface area contributed by atoms with Crippen molar-refractivity contribution in [2.45, 2.75) is 20.4 Å². The molecule has 1 amide bonds. The summed E-state index contributed by atoms with van der Waals surface area (Å²) in [4.78, 5) is 12.1. The van der Waals surface area contributed by atoms with Crippen molar-refractivity contribution in [2.75, 3.05) is 18.5 Å². The molecule has 2 aromatic rings. The van der Waals surface area contributed by atoms with Crippen molar-refractivity contribution in [3.05, 3.63) is 58.6 Å². The van der Waals surface area contributed by atoms with E-state index in [2.05, 4.69) is 10.6 Å². The predicted octanol–water partition coefficient (Wildman–Crippen LogP) is 4.20. The van der Waals surface area contributed by atoms with Gasteiger partial charge in [0.1, 0.15) is 5.75 Å². The van der Waals surface area contributed by atoms with Gasteiger partial charge in [-0.15, -0.1) is 12.4 Å². The molecular formula is C18H22Cl2N2O2. The summed E-state index contributed by atoms with van der Waals surface area (Å²) in [5, 5.41) is 6.79. The van der Waals surface area contributed by atoms with E-state index in [1.165, 1.54) is 0 Å². The van der Waals surface area contributed by atoms with Crippen LogP contribution in [-0.4, -0.2) is 19.1 Å². The van der Waals surface area contributed by atoms with Gasteiger partial charge in [-0.1, -0.05) is 36.7 Å². The Balaban J connectivity index is 0.00000288. The second-order valence-electron chi connectivity index (χ2n) is 5.18. The van der Waals surface area contributed by atoms with E-state index in [-0.39, 0.29) is 24.9 Å². The fourth-order valence-corrected chi connectivity index (χ4v) is 2.39. The first kappa shape index (κ1) is 20.3. The molecule has 0 aromatic heterocycles. The van der Waals surface area contributed by atoms with E-state index in [0.717, 1.165) is 23.4 Å². The van der Waals surface area contributed by atoms with Crippen LogP contribution < -0.4 is 15.4 Å². The lowest BCUT2D eigenvalue weighted by molar-refractivity contribution is -0.118. The van der Waals surface area contributed by atoms with Crippen molar-refractivity contribution < 1.29 is 9.53 Å². The number of carbonyl (C=O) groups is 1. The Morgan fingerprint density at radius 3 is 2.67 bits per heavy atom. The van der Waals surface area contributed by atoms with Crippen LogP contribution in [0.1, 0.15) is 18.1 Å². The first-order valence-electron chi connectivity index (χ1n) is 7.57. The topological polar surface area (TPSA) is 50.4 Å². The summed E-state index contributed by atoms with van der Waals surface area (Å²) < 4.78 is 5.56. The summed E-state index contributed by atoms with van der Waals surface area (Å²) in [5.74, 6) is 0.466. The van der Waals surface area contributed by atoms with E-state index in [4.69, 9.17) is 16.3 Å². The number of halogens is 2. The molecule has 2 N–H and O–H groups in total. The van der Waals surface area contributed by atoms with Crippen LogP contribution in [0.3, 0.4) is 0 Å². The molecule has 0 fully saturated rings. The molecule has 0 saturated heterocycles. The number of nitrogens with one attached hydrogen (secondary N) is 2. The number of carbonyl (C=O) groups excluding carboxylic acids is 1. The van der Waals surface area contributed by atoms with Gasteiger partial charge >= 0.3 is 0 Å². The zero-order chi connectivity index (χ0) is 16.7. The number of amides is 1. The van der Waals surface area contributed by atoms with Crippen molar-refractivity contribution >= 4 is 35.6 Å². The summed E-state index contributed by atoms with van der Waals surface area (Å²) in [5.41, 5.74) is 2.75. The van der Waals surface area contributed by atoms with Crippen LogP contribution in [0.5, 0.6) is 5.75 Å². The maximum absolute atomic E-state index is 12.1. The molecule has 0 atom stereocenters. The van der Waals surface area contributed by atoms with Crippen LogP contribution in [0.2, 0.25) is 5.02 Å². The smallest absolute Gasteiger partial charge is 0.262 e. The summed E-state index contributed by atoms with van der Waals surface area (Å²) in [6, 6.07) is 13.0. The number of ether oxygens (including phenoxy) is 1. The van der Waals surface area contributed by atoms with Gasteiger partial charge in [0.25, 0.3) is 5.91 Å². The molecule has 0 bridgehead atoms. The van der Waals surface area contributed by atoms with Crippen molar-refractivity contribution in [1.82, 2.24) is 5.32 Å². The molecule has 0 spiro atoms. The van der Waals surface area contributed by atoms with Gasteiger partial charge in [0.05, 0.1) is 0 Å². The van der Waals surface area contributed by atoms with Gasteiger partial charge in [-0.2, -0.15) is 0 Å². The molecule has 4 nitrogen and oxygen atoms in total. The van der Waals surface area contributed by atoms with Crippen molar-refractivity contribution in [3.63, 3.8) is 0 Å². The average molecular weight is 369 g/mol. The molecule has 0 aliphatic carbocycles. The normalized spacial score (nSPS) is 9.96. The summed E-state index contributed by atoms with van der Waals surface area (Å²) in [6.45, 7) is 5.48. The lowest BCUT2D eigenvalue weighted by Crippen LogP contribution is -2.22. The molecule has 0 radical (unpaired) electrons. The molecule has 130 valence electrons. The van der Waals surface area contributed by atoms with E-state index >= 15 is 0 Å². The number of benzene rings is 2. The summed E-state index contributed by atoms with van der Waals surface area (Å²) in [7, 11) is 0. The highest BCUT2D eigenvalue weighted by molar-refractivity contribution is 6.30. The van der Waals surface area contributed by atoms with Gasteiger partial charge in [-0.05, 0) is 48.9 Å². The third kappa shape index (κ3) is 6.04. The number of hydrogen-bond acceptors (Lipinski definition) is 3. The summed E-state index contributed by atoms with van der Waals surface area (Å²) in [6.07, 6.45) is 0. The van der Waals surface area contributed by atoms with Crippen LogP contribution in [0.15, 0.2) is 42.5 Å². The Labute approximate surface area is 154 Å². The van der Waals surface area contributed by atoms with Crippen molar-refractivity contribution in [3.8, 4) is 5.75 Å². The number of hydrogen-bond donors (Lipinski definition) is 2. The minimum atomic E-state index is -0.191. The molecule has 24 heavy (non-hydrogen) atoms. The molecule has 0 saturated carbocycles. The van der Waals surface area contributed by atoms with Gasteiger partial charge in [-0.3, -0.25) is 4.79 Å². The Morgan fingerprint density at radius 2 is 1.96 bits per heavy atom. The molecule has 0 heterocycles. The molecule has 0 aliphatic heterocycles. The minimum absolute atomic E-state index is 0. The fourth-order valence-electron chi connectivity index (χ4n) is 2.16. The van der Waals surface area contributed by atoms with Crippen LogP contribution >= 0.6 is 24.0 Å². The van der Waals surface area contributed by atoms with E-state index in [0.29, 0.717) is 17.3 Å². The number of aryl methyl sites for hydroxylation is 1. The largest absolute Gasteiger partial charge is 0.483 e. The number of para-hydroxylation sites is 1. The van der Waals surface area contributed by atoms with Gasteiger partial charge in [0.15, 0.2) is 6.61 Å². The maximum Gasteiger partial charge on any atom is 0.262 e.